The minimum atomic E-state index is -4.41. The Hall–Kier alpha value is -2.28. The molecular formula is C17H16ClF3N2O2. The molecule has 1 amide bonds. The van der Waals surface area contributed by atoms with E-state index in [9.17, 15) is 18.0 Å². The average molecular weight is 373 g/mol. The van der Waals surface area contributed by atoms with Crippen LogP contribution >= 0.6 is 11.6 Å². The van der Waals surface area contributed by atoms with Crippen LogP contribution in [0.2, 0.25) is 5.02 Å². The summed E-state index contributed by atoms with van der Waals surface area (Å²) in [5.74, 6) is -0.321. The summed E-state index contributed by atoms with van der Waals surface area (Å²) in [7, 11) is 0. The molecule has 1 unspecified atom stereocenters. The van der Waals surface area contributed by atoms with Gasteiger partial charge in [0.15, 0.2) is 6.61 Å². The van der Waals surface area contributed by atoms with E-state index in [-0.39, 0.29) is 11.7 Å². The highest BCUT2D eigenvalue weighted by atomic mass is 35.5. The third-order valence-electron chi connectivity index (χ3n) is 3.39. The molecule has 1 atom stereocenters. The van der Waals surface area contributed by atoms with Crippen LogP contribution in [0, 0.1) is 6.92 Å². The van der Waals surface area contributed by atoms with E-state index in [4.69, 9.17) is 11.6 Å². The lowest BCUT2D eigenvalue weighted by Gasteiger charge is -2.15. The first-order valence-corrected chi connectivity index (χ1v) is 7.76. The van der Waals surface area contributed by atoms with Crippen molar-refractivity contribution in [1.29, 1.82) is 0 Å². The molecular weight excluding hydrogens is 357 g/mol. The van der Waals surface area contributed by atoms with Crippen LogP contribution in [-0.2, 0) is 0 Å². The molecule has 1 N–H and O–H groups in total. The number of carbonyl (C=O) groups excluding carboxylic acids is 1. The van der Waals surface area contributed by atoms with Gasteiger partial charge in [-0.25, -0.2) is 0 Å². The fraction of sp³-hybridized carbons (Fsp3) is 0.294. The van der Waals surface area contributed by atoms with Gasteiger partial charge < -0.3 is 10.1 Å². The molecule has 1 heterocycles. The highest BCUT2D eigenvalue weighted by Crippen LogP contribution is 2.20. The number of halogens is 4. The Balaban J connectivity index is 1.99. The highest BCUT2D eigenvalue weighted by molar-refractivity contribution is 6.31. The molecule has 0 bridgehead atoms. The molecule has 0 aliphatic heterocycles. The van der Waals surface area contributed by atoms with Gasteiger partial charge in [-0.2, -0.15) is 13.2 Å². The van der Waals surface area contributed by atoms with E-state index in [1.807, 2.05) is 6.92 Å². The fourth-order valence-corrected chi connectivity index (χ4v) is 2.17. The molecule has 2 rings (SSSR count). The van der Waals surface area contributed by atoms with Crippen LogP contribution in [0.3, 0.4) is 0 Å². The molecule has 8 heteroatoms. The molecule has 0 spiro atoms. The molecule has 0 saturated carbocycles. The lowest BCUT2D eigenvalue weighted by atomic mass is 10.1. The summed E-state index contributed by atoms with van der Waals surface area (Å²) in [6.07, 6.45) is -3.22. The predicted molar refractivity (Wildman–Crippen MR) is 87.9 cm³/mol. The molecule has 2 aromatic rings. The van der Waals surface area contributed by atoms with E-state index in [1.165, 1.54) is 18.3 Å². The van der Waals surface area contributed by atoms with Gasteiger partial charge in [0.25, 0.3) is 5.91 Å². The van der Waals surface area contributed by atoms with Crippen molar-refractivity contribution in [1.82, 2.24) is 10.3 Å². The molecule has 4 nitrogen and oxygen atoms in total. The summed E-state index contributed by atoms with van der Waals surface area (Å²) in [4.78, 5) is 16.2. The first kappa shape index (κ1) is 19.1. The van der Waals surface area contributed by atoms with Gasteiger partial charge in [0.2, 0.25) is 0 Å². The number of aryl methyl sites for hydroxylation is 1. The third kappa shape index (κ3) is 5.63. The molecule has 25 heavy (non-hydrogen) atoms. The van der Waals surface area contributed by atoms with Gasteiger partial charge >= 0.3 is 6.18 Å². The van der Waals surface area contributed by atoms with E-state index in [2.05, 4.69) is 15.0 Å². The SMILES string of the molecule is Cc1ccc(C(=O)NC(C)c2ccc(OCC(F)(F)F)cn2)cc1Cl. The Bertz CT molecular complexity index is 749. The highest BCUT2D eigenvalue weighted by Gasteiger charge is 2.28. The van der Waals surface area contributed by atoms with Crippen LogP contribution in [0.1, 0.15) is 34.6 Å². The maximum atomic E-state index is 12.2. The van der Waals surface area contributed by atoms with Crippen LogP contribution in [0.5, 0.6) is 5.75 Å². The number of nitrogens with one attached hydrogen (secondary N) is 1. The second-order valence-electron chi connectivity index (χ2n) is 5.48. The Kier molecular flexibility index (Phi) is 5.89. The summed E-state index contributed by atoms with van der Waals surface area (Å²) >= 11 is 6.00. The molecule has 1 aromatic heterocycles. The Labute approximate surface area is 148 Å². The van der Waals surface area contributed by atoms with E-state index in [1.54, 1.807) is 25.1 Å². The van der Waals surface area contributed by atoms with Gasteiger partial charge in [-0.05, 0) is 43.7 Å². The Morgan fingerprint density at radius 2 is 2.04 bits per heavy atom. The van der Waals surface area contributed by atoms with Crippen LogP contribution < -0.4 is 10.1 Å². The summed E-state index contributed by atoms with van der Waals surface area (Å²) in [6, 6.07) is 7.40. The third-order valence-corrected chi connectivity index (χ3v) is 3.79. The van der Waals surface area contributed by atoms with Gasteiger partial charge in [0, 0.05) is 10.6 Å². The summed E-state index contributed by atoms with van der Waals surface area (Å²) < 4.78 is 40.9. The maximum absolute atomic E-state index is 12.2. The van der Waals surface area contributed by atoms with E-state index < -0.39 is 18.8 Å². The van der Waals surface area contributed by atoms with Crippen molar-refractivity contribution in [3.05, 3.63) is 58.4 Å². The zero-order valence-corrected chi connectivity index (χ0v) is 14.3. The number of nitrogens with zero attached hydrogens (tertiary/aromatic N) is 1. The van der Waals surface area contributed by atoms with Gasteiger partial charge in [0.1, 0.15) is 5.75 Å². The Morgan fingerprint density at radius 3 is 2.60 bits per heavy atom. The van der Waals surface area contributed by atoms with Crippen molar-refractivity contribution in [2.75, 3.05) is 6.61 Å². The minimum absolute atomic E-state index is 0.00455. The quantitative estimate of drug-likeness (QED) is 0.842. The molecule has 134 valence electrons. The van der Waals surface area contributed by atoms with Crippen molar-refractivity contribution in [2.24, 2.45) is 0 Å². The van der Waals surface area contributed by atoms with Crippen LogP contribution in [0.25, 0.3) is 0 Å². The normalized spacial score (nSPS) is 12.6. The molecule has 0 fully saturated rings. The topological polar surface area (TPSA) is 51.2 Å². The van der Waals surface area contributed by atoms with E-state index in [0.29, 0.717) is 16.3 Å². The van der Waals surface area contributed by atoms with Crippen LogP contribution in [0.15, 0.2) is 36.5 Å². The number of hydrogen-bond acceptors (Lipinski definition) is 3. The minimum Gasteiger partial charge on any atom is -0.483 e. The first-order chi connectivity index (χ1) is 11.7. The first-order valence-electron chi connectivity index (χ1n) is 7.38. The van der Waals surface area contributed by atoms with Gasteiger partial charge in [-0.15, -0.1) is 0 Å². The van der Waals surface area contributed by atoms with Crippen molar-refractivity contribution in [2.45, 2.75) is 26.1 Å². The average Bonchev–Trinajstić information content (AvgIpc) is 2.55. The number of hydrogen-bond donors (Lipinski definition) is 1. The largest absolute Gasteiger partial charge is 0.483 e. The molecule has 0 saturated heterocycles. The number of carbonyl (C=O) groups is 1. The smallest absolute Gasteiger partial charge is 0.422 e. The van der Waals surface area contributed by atoms with Gasteiger partial charge in [0.05, 0.1) is 17.9 Å². The second-order valence-corrected chi connectivity index (χ2v) is 5.89. The predicted octanol–water partition coefficient (Wildman–Crippen LogP) is 4.48. The number of pyridine rings is 1. The molecule has 1 aromatic carbocycles. The maximum Gasteiger partial charge on any atom is 0.422 e. The van der Waals surface area contributed by atoms with Crippen molar-refractivity contribution >= 4 is 17.5 Å². The zero-order valence-electron chi connectivity index (χ0n) is 13.5. The summed E-state index contributed by atoms with van der Waals surface area (Å²) in [5, 5.41) is 3.24. The number of ether oxygens (including phenoxy) is 1. The lowest BCUT2D eigenvalue weighted by molar-refractivity contribution is -0.153. The van der Waals surface area contributed by atoms with Crippen molar-refractivity contribution in [3.63, 3.8) is 0 Å². The van der Waals surface area contributed by atoms with Crippen molar-refractivity contribution in [3.8, 4) is 5.75 Å². The molecule has 0 aliphatic rings. The van der Waals surface area contributed by atoms with Crippen LogP contribution in [0.4, 0.5) is 13.2 Å². The zero-order chi connectivity index (χ0) is 18.6. The van der Waals surface area contributed by atoms with E-state index in [0.717, 1.165) is 5.56 Å². The number of aromatic nitrogens is 1. The van der Waals surface area contributed by atoms with Crippen molar-refractivity contribution < 1.29 is 22.7 Å². The summed E-state index contributed by atoms with van der Waals surface area (Å²) in [6.45, 7) is 2.17. The lowest BCUT2D eigenvalue weighted by Crippen LogP contribution is -2.27. The second kappa shape index (κ2) is 7.74. The monoisotopic (exact) mass is 372 g/mol. The Morgan fingerprint density at radius 1 is 1.32 bits per heavy atom. The fourth-order valence-electron chi connectivity index (χ4n) is 1.99. The van der Waals surface area contributed by atoms with Gasteiger partial charge in [-0.1, -0.05) is 17.7 Å². The van der Waals surface area contributed by atoms with E-state index >= 15 is 0 Å². The number of amides is 1. The molecule has 0 aliphatic carbocycles. The number of rotatable bonds is 5. The number of benzene rings is 1. The summed E-state index contributed by atoms with van der Waals surface area (Å²) in [5.41, 5.74) is 1.76. The number of alkyl halides is 3. The van der Waals surface area contributed by atoms with Gasteiger partial charge in [-0.3, -0.25) is 9.78 Å². The standard InChI is InChI=1S/C17H16ClF3N2O2/c1-10-3-4-12(7-14(10)18)16(24)23-11(2)15-6-5-13(8-22-15)25-9-17(19,20)21/h3-8,11H,9H2,1-2H3,(H,23,24). The van der Waals surface area contributed by atoms with Crippen LogP contribution in [-0.4, -0.2) is 23.7 Å². The molecule has 0 radical (unpaired) electrons.